The Balaban J connectivity index is 1.62. The fourth-order valence-corrected chi connectivity index (χ4v) is 4.61. The summed E-state index contributed by atoms with van der Waals surface area (Å²) in [6.45, 7) is 7.47. The van der Waals surface area contributed by atoms with Crippen LogP contribution in [0.25, 0.3) is 11.1 Å². The average molecular weight is 372 g/mol. The Morgan fingerprint density at radius 2 is 1.96 bits per heavy atom. The van der Waals surface area contributed by atoms with Crippen molar-refractivity contribution in [3.8, 4) is 0 Å². The zero-order valence-electron chi connectivity index (χ0n) is 16.5. The van der Waals surface area contributed by atoms with Crippen molar-refractivity contribution < 1.29 is 19.1 Å². The fourth-order valence-electron chi connectivity index (χ4n) is 4.61. The highest BCUT2D eigenvalue weighted by molar-refractivity contribution is 5.74. The van der Waals surface area contributed by atoms with Crippen LogP contribution in [0.2, 0.25) is 0 Å². The van der Waals surface area contributed by atoms with Crippen molar-refractivity contribution in [3.05, 3.63) is 29.7 Å². The Kier molecular flexibility index (Phi) is 4.22. The second-order valence-corrected chi connectivity index (χ2v) is 8.98. The molecule has 2 aliphatic heterocycles. The molecule has 146 valence electrons. The Labute approximate surface area is 159 Å². The lowest BCUT2D eigenvalue weighted by Crippen LogP contribution is -2.59. The van der Waals surface area contributed by atoms with E-state index in [-0.39, 0.29) is 18.2 Å². The lowest BCUT2D eigenvalue weighted by Gasteiger charge is -2.51. The van der Waals surface area contributed by atoms with E-state index in [0.29, 0.717) is 24.3 Å². The molecule has 6 heteroatoms. The van der Waals surface area contributed by atoms with Crippen LogP contribution < -0.4 is 0 Å². The summed E-state index contributed by atoms with van der Waals surface area (Å²) in [5.74, 6) is 0.616. The maximum absolute atomic E-state index is 12.8. The smallest absolute Gasteiger partial charge is 0.410 e. The van der Waals surface area contributed by atoms with Gasteiger partial charge in [-0.05, 0) is 57.7 Å². The van der Waals surface area contributed by atoms with E-state index in [9.17, 15) is 9.90 Å². The molecule has 0 aliphatic carbocycles. The van der Waals surface area contributed by atoms with Crippen LogP contribution in [0, 0.1) is 6.92 Å². The van der Waals surface area contributed by atoms with Crippen LogP contribution in [0.4, 0.5) is 4.79 Å². The molecule has 2 fully saturated rings. The van der Waals surface area contributed by atoms with Crippen LogP contribution in [0.3, 0.4) is 0 Å². The molecule has 1 amide bonds. The number of carbonyl (C=O) groups is 1. The van der Waals surface area contributed by atoms with E-state index in [1.54, 1.807) is 0 Å². The monoisotopic (exact) mass is 372 g/mol. The summed E-state index contributed by atoms with van der Waals surface area (Å²) in [5, 5.41) is 11.5. The first-order chi connectivity index (χ1) is 12.6. The van der Waals surface area contributed by atoms with Crippen molar-refractivity contribution in [1.29, 1.82) is 0 Å². The summed E-state index contributed by atoms with van der Waals surface area (Å²) >= 11 is 0. The van der Waals surface area contributed by atoms with Crippen molar-refractivity contribution in [2.75, 3.05) is 0 Å². The number of aromatic nitrogens is 1. The molecule has 2 atom stereocenters. The molecule has 1 N–H and O–H groups in total. The number of hydrogen-bond acceptors (Lipinski definition) is 5. The fraction of sp³-hybridized carbons (Fsp3) is 0.619. The van der Waals surface area contributed by atoms with Gasteiger partial charge in [0.2, 0.25) is 0 Å². The van der Waals surface area contributed by atoms with Gasteiger partial charge in [0, 0.05) is 31.8 Å². The third-order valence-corrected chi connectivity index (χ3v) is 5.65. The van der Waals surface area contributed by atoms with Gasteiger partial charge in [-0.2, -0.15) is 0 Å². The number of benzene rings is 1. The molecule has 3 heterocycles. The van der Waals surface area contributed by atoms with Crippen molar-refractivity contribution in [2.45, 2.75) is 83.1 Å². The molecule has 4 rings (SSSR count). The van der Waals surface area contributed by atoms with Crippen LogP contribution in [0.5, 0.6) is 0 Å². The van der Waals surface area contributed by atoms with Gasteiger partial charge >= 0.3 is 6.09 Å². The molecule has 2 aromatic rings. The maximum Gasteiger partial charge on any atom is 0.410 e. The number of fused-ring (bicyclic) bond motifs is 3. The summed E-state index contributed by atoms with van der Waals surface area (Å²) in [5.41, 5.74) is 0.841. The minimum Gasteiger partial charge on any atom is -0.444 e. The Morgan fingerprint density at radius 1 is 1.30 bits per heavy atom. The predicted molar refractivity (Wildman–Crippen MR) is 101 cm³/mol. The SMILES string of the molecule is Cc1nc2ccc(C3(O)CC4CCCC(C3)N4C(=O)OC(C)(C)C)cc2o1. The molecule has 0 spiro atoms. The van der Waals surface area contributed by atoms with Crippen molar-refractivity contribution in [3.63, 3.8) is 0 Å². The minimum absolute atomic E-state index is 0.00971. The van der Waals surface area contributed by atoms with Gasteiger partial charge in [0.25, 0.3) is 0 Å². The molecule has 1 aromatic carbocycles. The van der Waals surface area contributed by atoms with Gasteiger partial charge in [-0.3, -0.25) is 0 Å². The largest absolute Gasteiger partial charge is 0.444 e. The zero-order chi connectivity index (χ0) is 19.4. The third-order valence-electron chi connectivity index (χ3n) is 5.65. The topological polar surface area (TPSA) is 75.8 Å². The van der Waals surface area contributed by atoms with Crippen LogP contribution >= 0.6 is 0 Å². The Morgan fingerprint density at radius 3 is 2.59 bits per heavy atom. The molecule has 2 saturated heterocycles. The molecule has 27 heavy (non-hydrogen) atoms. The van der Waals surface area contributed by atoms with E-state index in [4.69, 9.17) is 9.15 Å². The lowest BCUT2D eigenvalue weighted by atomic mass is 9.72. The molecular weight excluding hydrogens is 344 g/mol. The van der Waals surface area contributed by atoms with Gasteiger partial charge in [-0.1, -0.05) is 6.07 Å². The number of rotatable bonds is 1. The molecule has 1 aromatic heterocycles. The number of aliphatic hydroxyl groups is 1. The first-order valence-corrected chi connectivity index (χ1v) is 9.76. The second-order valence-electron chi connectivity index (χ2n) is 8.98. The van der Waals surface area contributed by atoms with E-state index in [1.165, 1.54) is 0 Å². The van der Waals surface area contributed by atoms with Crippen LogP contribution in [-0.4, -0.2) is 38.8 Å². The first kappa shape index (κ1) is 18.3. The normalized spacial score (nSPS) is 28.4. The first-order valence-electron chi connectivity index (χ1n) is 9.76. The van der Waals surface area contributed by atoms with E-state index in [2.05, 4.69) is 4.98 Å². The number of piperidine rings is 2. The summed E-state index contributed by atoms with van der Waals surface area (Å²) in [7, 11) is 0. The zero-order valence-corrected chi connectivity index (χ0v) is 16.5. The van der Waals surface area contributed by atoms with Crippen molar-refractivity contribution >= 4 is 17.2 Å². The number of oxazole rings is 1. The van der Waals surface area contributed by atoms with E-state index in [1.807, 2.05) is 50.8 Å². The standard InChI is InChI=1S/C21H28N2O4/c1-13-22-17-9-8-14(10-18(17)26-13)21(25)11-15-6-5-7-16(12-21)23(15)19(24)27-20(2,3)4/h8-10,15-16,25H,5-7,11-12H2,1-4H3. The Hall–Kier alpha value is -2.08. The van der Waals surface area contributed by atoms with Crippen LogP contribution in [0.15, 0.2) is 22.6 Å². The highest BCUT2D eigenvalue weighted by Gasteiger charge is 2.49. The van der Waals surface area contributed by atoms with Gasteiger partial charge in [0.1, 0.15) is 11.1 Å². The lowest BCUT2D eigenvalue weighted by molar-refractivity contribution is -0.0965. The van der Waals surface area contributed by atoms with E-state index < -0.39 is 11.2 Å². The number of carbonyl (C=O) groups excluding carboxylic acids is 1. The van der Waals surface area contributed by atoms with E-state index in [0.717, 1.165) is 30.3 Å². The number of hydrogen-bond donors (Lipinski definition) is 1. The molecule has 2 aliphatic rings. The second kappa shape index (κ2) is 6.23. The number of aryl methyl sites for hydroxylation is 1. The molecule has 2 bridgehead atoms. The molecule has 6 nitrogen and oxygen atoms in total. The molecular formula is C21H28N2O4. The summed E-state index contributed by atoms with van der Waals surface area (Å²) in [6, 6.07) is 5.71. The van der Waals surface area contributed by atoms with Gasteiger partial charge in [0.15, 0.2) is 11.5 Å². The number of nitrogens with zero attached hydrogens (tertiary/aromatic N) is 2. The van der Waals surface area contributed by atoms with E-state index >= 15 is 0 Å². The van der Waals surface area contributed by atoms with Gasteiger partial charge < -0.3 is 19.2 Å². The third kappa shape index (κ3) is 3.43. The van der Waals surface area contributed by atoms with Crippen molar-refractivity contribution in [1.82, 2.24) is 9.88 Å². The quantitative estimate of drug-likeness (QED) is 0.809. The molecule has 0 radical (unpaired) electrons. The van der Waals surface area contributed by atoms with Gasteiger partial charge in [-0.15, -0.1) is 0 Å². The van der Waals surface area contributed by atoms with Gasteiger partial charge in [0.05, 0.1) is 5.60 Å². The van der Waals surface area contributed by atoms with Crippen LogP contribution in [0.1, 0.15) is 64.3 Å². The predicted octanol–water partition coefficient (Wildman–Crippen LogP) is 4.28. The van der Waals surface area contributed by atoms with Crippen molar-refractivity contribution in [2.24, 2.45) is 0 Å². The summed E-state index contributed by atoms with van der Waals surface area (Å²) in [6.07, 6.45) is 3.62. The Bertz CT molecular complexity index is 853. The average Bonchev–Trinajstić information content (AvgIpc) is 2.91. The molecule has 0 saturated carbocycles. The summed E-state index contributed by atoms with van der Waals surface area (Å²) < 4.78 is 11.3. The minimum atomic E-state index is -0.969. The summed E-state index contributed by atoms with van der Waals surface area (Å²) in [4.78, 5) is 19.0. The van der Waals surface area contributed by atoms with Gasteiger partial charge in [-0.25, -0.2) is 9.78 Å². The maximum atomic E-state index is 12.8. The number of ether oxygens (including phenoxy) is 1. The highest BCUT2D eigenvalue weighted by Crippen LogP contribution is 2.45. The molecule has 2 unspecified atom stereocenters. The highest BCUT2D eigenvalue weighted by atomic mass is 16.6. The number of amides is 1. The van der Waals surface area contributed by atoms with Crippen LogP contribution in [-0.2, 0) is 10.3 Å².